The van der Waals surface area contributed by atoms with E-state index in [0.29, 0.717) is 88.6 Å². The highest BCUT2D eigenvalue weighted by molar-refractivity contribution is 6.36. The molecule has 1 amide bonds. The van der Waals surface area contributed by atoms with Crippen LogP contribution in [-0.2, 0) is 22.5 Å². The fourth-order valence-corrected chi connectivity index (χ4v) is 8.05. The zero-order chi connectivity index (χ0) is 38.5. The van der Waals surface area contributed by atoms with Crippen molar-refractivity contribution in [2.75, 3.05) is 75.9 Å². The molecule has 13 nitrogen and oxygen atoms in total. The van der Waals surface area contributed by atoms with Gasteiger partial charge in [-0.25, -0.2) is 8.78 Å². The van der Waals surface area contributed by atoms with Crippen LogP contribution in [0.25, 0.3) is 16.8 Å². The molecule has 0 N–H and O–H groups in total. The minimum Gasteiger partial charge on any atom is -0.467 e. The Hall–Kier alpha value is -4.91. The molecule has 0 spiro atoms. The lowest BCUT2D eigenvalue weighted by Gasteiger charge is -2.38. The molecule has 2 unspecified atom stereocenters. The van der Waals surface area contributed by atoms with Crippen molar-refractivity contribution < 1.29 is 27.6 Å². The number of rotatable bonds is 6. The van der Waals surface area contributed by atoms with Crippen LogP contribution in [0.4, 0.5) is 20.3 Å². The zero-order valence-electron chi connectivity index (χ0n) is 31.0. The van der Waals surface area contributed by atoms with E-state index in [2.05, 4.69) is 24.8 Å². The Kier molecular flexibility index (Phi) is 12.0. The number of carbonyl (C=O) groups excluding carboxylic acids is 1. The van der Waals surface area contributed by atoms with Crippen LogP contribution in [0.1, 0.15) is 55.1 Å². The number of alkyl halides is 1. The minimum absolute atomic E-state index is 0.116. The first-order valence-corrected chi connectivity index (χ1v) is 19.0. The third-order valence-electron chi connectivity index (χ3n) is 10.6. The van der Waals surface area contributed by atoms with Crippen LogP contribution in [0.3, 0.4) is 0 Å². The van der Waals surface area contributed by atoms with Crippen LogP contribution >= 0.6 is 11.6 Å². The van der Waals surface area contributed by atoms with E-state index in [4.69, 9.17) is 40.8 Å². The largest absolute Gasteiger partial charge is 0.467 e. The molecule has 5 aliphatic rings. The van der Waals surface area contributed by atoms with Crippen LogP contribution in [0.2, 0.25) is 5.02 Å². The van der Waals surface area contributed by atoms with Gasteiger partial charge in [0.05, 0.1) is 49.6 Å². The van der Waals surface area contributed by atoms with Crippen molar-refractivity contribution >= 4 is 45.9 Å². The van der Waals surface area contributed by atoms with Crippen LogP contribution in [-0.4, -0.2) is 114 Å². The highest BCUT2D eigenvalue weighted by Crippen LogP contribution is 2.38. The molecule has 2 aromatic heterocycles. The molecule has 7 heterocycles. The van der Waals surface area contributed by atoms with E-state index >= 15 is 0 Å². The maximum atomic E-state index is 14.4. The van der Waals surface area contributed by atoms with Crippen LogP contribution in [0.5, 0.6) is 6.01 Å². The molecule has 4 saturated heterocycles. The fourth-order valence-electron chi connectivity index (χ4n) is 7.78. The molecule has 4 aromatic rings. The second-order valence-electron chi connectivity index (χ2n) is 14.1. The molecular weight excluding hydrogens is 732 g/mol. The quantitative estimate of drug-likeness (QED) is 0.227. The Morgan fingerprint density at radius 3 is 2.60 bits per heavy atom. The number of hydrogen-bond acceptors (Lipinski definition) is 12. The third kappa shape index (κ3) is 8.51. The molecule has 5 aliphatic heterocycles. The van der Waals surface area contributed by atoms with Gasteiger partial charge in [-0.2, -0.15) is 20.2 Å². The minimum atomic E-state index is -0.518. The summed E-state index contributed by atoms with van der Waals surface area (Å²) in [4.78, 5) is 35.1. The normalized spacial score (nSPS) is 20.9. The number of nitrogens with zero attached hydrogens (tertiary/aromatic N) is 9. The second-order valence-corrected chi connectivity index (χ2v) is 14.5. The molecule has 0 radical (unpaired) electrons. The third-order valence-corrected chi connectivity index (χ3v) is 11.0. The summed E-state index contributed by atoms with van der Waals surface area (Å²) in [7, 11) is 1.55. The first kappa shape index (κ1) is 38.4. The first-order valence-electron chi connectivity index (χ1n) is 18.6. The van der Waals surface area contributed by atoms with Crippen molar-refractivity contribution in [3.05, 3.63) is 70.2 Å². The van der Waals surface area contributed by atoms with Gasteiger partial charge >= 0.3 is 6.01 Å². The van der Waals surface area contributed by atoms with Gasteiger partial charge in [-0.3, -0.25) is 9.69 Å². The van der Waals surface area contributed by atoms with Crippen LogP contribution < -0.4 is 14.5 Å². The Morgan fingerprint density at radius 1 is 1.07 bits per heavy atom. The number of anilines is 2. The van der Waals surface area contributed by atoms with E-state index in [9.17, 15) is 13.6 Å². The average Bonchev–Trinajstić information content (AvgIpc) is 3.92. The Balaban J connectivity index is 0.000000331. The number of amides is 1. The standard InChI is InChI=1S/C30H29ClFN7O4.C7H12FN.C2H3N/c1-41-30-33-22-15-39(23-4-2-3-18-5-6-21(32)27(31)26(18)23)10-9-20(22)29(35-30)38-13-11-37(12-14-38)25(40)8-7-24-34-28(36-43-24)19-16-42-17-19;8-6-4-7-2-1-3-9(7)5-6;1-2-3/h2-8,19H,9-17H2,1H3;6-7H,1-5H2;1H3/b8-7+;;. The number of nitriles is 1. The number of aromatic nitrogens is 4. The topological polar surface area (TPSA) is 137 Å². The highest BCUT2D eigenvalue weighted by Gasteiger charge is 2.35. The molecule has 2 atom stereocenters. The van der Waals surface area contributed by atoms with Crippen molar-refractivity contribution in [3.8, 4) is 12.1 Å². The number of fused-ring (bicyclic) bond motifs is 3. The Morgan fingerprint density at radius 2 is 1.87 bits per heavy atom. The van der Waals surface area contributed by atoms with Gasteiger partial charge in [0.1, 0.15) is 17.8 Å². The lowest BCUT2D eigenvalue weighted by Crippen LogP contribution is -2.49. The van der Waals surface area contributed by atoms with E-state index in [1.807, 2.05) is 18.2 Å². The number of benzene rings is 2. The predicted octanol–water partition coefficient (Wildman–Crippen LogP) is 5.57. The maximum absolute atomic E-state index is 14.4. The number of piperazine rings is 1. The SMILES string of the molecule is CC#N.COc1nc2c(c(N3CCN(C(=O)/C=C/c4nc(C5COC5)no4)CC3)n1)CCN(c1cccc3ccc(F)c(Cl)c13)C2.FC1CC2CCCN2C1. The van der Waals surface area contributed by atoms with Crippen molar-refractivity contribution in [2.45, 2.75) is 57.3 Å². The van der Waals surface area contributed by atoms with Gasteiger partial charge in [-0.15, -0.1) is 0 Å². The van der Waals surface area contributed by atoms with Gasteiger partial charge in [0.25, 0.3) is 5.89 Å². The van der Waals surface area contributed by atoms with Crippen molar-refractivity contribution in [1.29, 1.82) is 5.26 Å². The summed E-state index contributed by atoms with van der Waals surface area (Å²) in [5.74, 6) is 1.33. The van der Waals surface area contributed by atoms with Gasteiger partial charge < -0.3 is 28.7 Å². The fraction of sp³-hybridized carbons (Fsp3) is 0.487. The van der Waals surface area contributed by atoms with Crippen LogP contribution in [0, 0.1) is 17.1 Å². The maximum Gasteiger partial charge on any atom is 0.318 e. The van der Waals surface area contributed by atoms with Gasteiger partial charge in [0.2, 0.25) is 5.91 Å². The second kappa shape index (κ2) is 17.3. The van der Waals surface area contributed by atoms with E-state index in [0.717, 1.165) is 41.1 Å². The molecule has 16 heteroatoms. The lowest BCUT2D eigenvalue weighted by molar-refractivity contribution is -0.126. The van der Waals surface area contributed by atoms with E-state index in [1.165, 1.54) is 31.9 Å². The lowest BCUT2D eigenvalue weighted by atomic mass is 10.0. The van der Waals surface area contributed by atoms with E-state index < -0.39 is 12.0 Å². The molecule has 2 aromatic carbocycles. The number of carbonyl (C=O) groups is 1. The molecule has 0 aliphatic carbocycles. The molecule has 9 rings (SSSR count). The molecule has 0 saturated carbocycles. The zero-order valence-corrected chi connectivity index (χ0v) is 31.7. The van der Waals surface area contributed by atoms with Crippen LogP contribution in [0.15, 0.2) is 40.9 Å². The van der Waals surface area contributed by atoms with Crippen molar-refractivity contribution in [1.82, 2.24) is 29.9 Å². The number of halogens is 3. The molecule has 4 fully saturated rings. The molecule has 0 bridgehead atoms. The van der Waals surface area contributed by atoms with Gasteiger partial charge in [0.15, 0.2) is 5.82 Å². The van der Waals surface area contributed by atoms with E-state index in [-0.39, 0.29) is 22.9 Å². The average molecular weight is 776 g/mol. The summed E-state index contributed by atoms with van der Waals surface area (Å²) in [6.07, 6.45) is 6.53. The molecule has 290 valence electrons. The van der Waals surface area contributed by atoms with Gasteiger partial charge in [-0.05, 0) is 49.7 Å². The van der Waals surface area contributed by atoms with Crippen molar-refractivity contribution in [2.24, 2.45) is 0 Å². The van der Waals surface area contributed by atoms with Crippen molar-refractivity contribution in [3.63, 3.8) is 0 Å². The Labute approximate surface area is 323 Å². The predicted molar refractivity (Wildman–Crippen MR) is 203 cm³/mol. The molecular formula is C39H44ClF2N9O4. The van der Waals surface area contributed by atoms with E-state index in [1.54, 1.807) is 30.2 Å². The number of ether oxygens (including phenoxy) is 2. The summed E-state index contributed by atoms with van der Waals surface area (Å²) in [6.45, 7) is 7.95. The number of methoxy groups -OCH3 is 1. The smallest absolute Gasteiger partial charge is 0.318 e. The summed E-state index contributed by atoms with van der Waals surface area (Å²) in [5, 5.41) is 13.0. The summed E-state index contributed by atoms with van der Waals surface area (Å²) in [6, 6.07) is 11.6. The Bertz CT molecular complexity index is 2050. The van der Waals surface area contributed by atoms with Gasteiger partial charge in [-0.1, -0.05) is 35.0 Å². The molecule has 55 heavy (non-hydrogen) atoms. The number of hydrogen-bond donors (Lipinski definition) is 0. The monoisotopic (exact) mass is 775 g/mol. The van der Waals surface area contributed by atoms with Gasteiger partial charge in [0, 0.05) is 81.0 Å². The summed E-state index contributed by atoms with van der Waals surface area (Å²) in [5.41, 5.74) is 2.77. The first-order chi connectivity index (χ1) is 26.8. The summed E-state index contributed by atoms with van der Waals surface area (Å²) >= 11 is 6.43. The highest BCUT2D eigenvalue weighted by atomic mass is 35.5. The summed E-state index contributed by atoms with van der Waals surface area (Å²) < 4.78 is 42.9.